The van der Waals surface area contributed by atoms with E-state index in [1.54, 1.807) is 6.92 Å². The van der Waals surface area contributed by atoms with E-state index in [0.717, 1.165) is 0 Å². The van der Waals surface area contributed by atoms with Gasteiger partial charge >= 0.3 is 0 Å². The molecule has 0 spiro atoms. The zero-order valence-corrected chi connectivity index (χ0v) is 7.33. The first kappa shape index (κ1) is 9.64. The molecule has 1 heterocycles. The van der Waals surface area contributed by atoms with Crippen LogP contribution in [0.1, 0.15) is 25.0 Å². The maximum Gasteiger partial charge on any atom is 0.218 e. The van der Waals surface area contributed by atoms with E-state index in [4.69, 9.17) is 5.73 Å². The van der Waals surface area contributed by atoms with Gasteiger partial charge in [-0.3, -0.25) is 9.78 Å². The van der Waals surface area contributed by atoms with E-state index in [1.165, 1.54) is 18.3 Å². The van der Waals surface area contributed by atoms with Gasteiger partial charge in [-0.05, 0) is 12.1 Å². The highest BCUT2D eigenvalue weighted by Gasteiger charge is 2.13. The number of amides is 1. The molecule has 0 aliphatic heterocycles. The quantitative estimate of drug-likeness (QED) is 0.763. The lowest BCUT2D eigenvalue weighted by molar-refractivity contribution is -0.118. The molecule has 1 amide bonds. The van der Waals surface area contributed by atoms with Crippen LogP contribution in [0.15, 0.2) is 18.3 Å². The zero-order chi connectivity index (χ0) is 9.84. The molecule has 1 rings (SSSR count). The second-order valence-electron chi connectivity index (χ2n) is 2.94. The van der Waals surface area contributed by atoms with Gasteiger partial charge in [-0.15, -0.1) is 0 Å². The number of halogens is 1. The molecule has 1 atom stereocenters. The van der Waals surface area contributed by atoms with Crippen molar-refractivity contribution in [2.24, 2.45) is 5.73 Å². The van der Waals surface area contributed by atoms with Crippen molar-refractivity contribution in [2.75, 3.05) is 0 Å². The summed E-state index contributed by atoms with van der Waals surface area (Å²) < 4.78 is 13.1. The third-order valence-electron chi connectivity index (χ3n) is 1.76. The third-order valence-corrected chi connectivity index (χ3v) is 1.76. The average Bonchev–Trinajstić information content (AvgIpc) is 2.03. The van der Waals surface area contributed by atoms with E-state index < -0.39 is 11.7 Å². The molecule has 1 aromatic heterocycles. The largest absolute Gasteiger partial charge is 0.370 e. The Balaban J connectivity index is 2.82. The maximum absolute atomic E-state index is 13.1. The normalized spacial score (nSPS) is 12.5. The number of hydrogen-bond acceptors (Lipinski definition) is 2. The molecule has 0 aromatic carbocycles. The Morgan fingerprint density at radius 3 is 3.00 bits per heavy atom. The smallest absolute Gasteiger partial charge is 0.218 e. The standard InChI is InChI=1S/C9H11FN2O/c1-6(5-8(11)13)9-7(10)3-2-4-12-9/h2-4,6H,5H2,1H3,(H2,11,13). The van der Waals surface area contributed by atoms with E-state index in [-0.39, 0.29) is 12.3 Å². The summed E-state index contributed by atoms with van der Waals surface area (Å²) >= 11 is 0. The van der Waals surface area contributed by atoms with Gasteiger partial charge in [0.15, 0.2) is 0 Å². The van der Waals surface area contributed by atoms with Crippen LogP contribution in [-0.2, 0) is 4.79 Å². The monoisotopic (exact) mass is 182 g/mol. The van der Waals surface area contributed by atoms with E-state index >= 15 is 0 Å². The van der Waals surface area contributed by atoms with Crippen molar-refractivity contribution < 1.29 is 9.18 Å². The van der Waals surface area contributed by atoms with Crippen LogP contribution in [0.2, 0.25) is 0 Å². The highest BCUT2D eigenvalue weighted by atomic mass is 19.1. The molecule has 0 bridgehead atoms. The molecule has 0 aliphatic rings. The fraction of sp³-hybridized carbons (Fsp3) is 0.333. The fourth-order valence-electron chi connectivity index (χ4n) is 1.16. The topological polar surface area (TPSA) is 56.0 Å². The number of pyridine rings is 1. The molecule has 4 heteroatoms. The first-order valence-corrected chi connectivity index (χ1v) is 4.00. The lowest BCUT2D eigenvalue weighted by atomic mass is 10.0. The van der Waals surface area contributed by atoms with Crippen LogP contribution in [0.3, 0.4) is 0 Å². The van der Waals surface area contributed by atoms with Crippen molar-refractivity contribution in [3.8, 4) is 0 Å². The molecule has 0 fully saturated rings. The van der Waals surface area contributed by atoms with Gasteiger partial charge in [-0.1, -0.05) is 6.92 Å². The molecule has 0 saturated carbocycles. The molecule has 1 unspecified atom stereocenters. The van der Waals surface area contributed by atoms with Crippen LogP contribution in [0.25, 0.3) is 0 Å². The molecule has 0 radical (unpaired) electrons. The fourth-order valence-corrected chi connectivity index (χ4v) is 1.16. The van der Waals surface area contributed by atoms with Crippen LogP contribution >= 0.6 is 0 Å². The number of nitrogens with two attached hydrogens (primary N) is 1. The summed E-state index contributed by atoms with van der Waals surface area (Å²) in [6.45, 7) is 1.72. The van der Waals surface area contributed by atoms with E-state index in [9.17, 15) is 9.18 Å². The summed E-state index contributed by atoms with van der Waals surface area (Å²) in [5.74, 6) is -1.10. The van der Waals surface area contributed by atoms with Crippen molar-refractivity contribution >= 4 is 5.91 Å². The van der Waals surface area contributed by atoms with Gasteiger partial charge in [0.25, 0.3) is 0 Å². The van der Waals surface area contributed by atoms with Gasteiger partial charge in [-0.2, -0.15) is 0 Å². The Labute approximate surface area is 75.8 Å². The highest BCUT2D eigenvalue weighted by molar-refractivity contribution is 5.74. The van der Waals surface area contributed by atoms with Crippen LogP contribution in [-0.4, -0.2) is 10.9 Å². The second kappa shape index (κ2) is 3.98. The number of rotatable bonds is 3. The number of carbonyl (C=O) groups is 1. The van der Waals surface area contributed by atoms with Crippen molar-refractivity contribution in [3.05, 3.63) is 29.8 Å². The van der Waals surface area contributed by atoms with Crippen molar-refractivity contribution in [3.63, 3.8) is 0 Å². The Kier molecular flexibility index (Phi) is 2.95. The van der Waals surface area contributed by atoms with Gasteiger partial charge < -0.3 is 5.73 Å². The molecule has 2 N–H and O–H groups in total. The SMILES string of the molecule is CC(CC(N)=O)c1ncccc1F. The maximum atomic E-state index is 13.1. The summed E-state index contributed by atoms with van der Waals surface area (Å²) in [6, 6.07) is 2.83. The number of hydrogen-bond donors (Lipinski definition) is 1. The lowest BCUT2D eigenvalue weighted by Crippen LogP contribution is -2.15. The summed E-state index contributed by atoms with van der Waals surface area (Å²) in [4.78, 5) is 14.4. The third kappa shape index (κ3) is 2.50. The van der Waals surface area contributed by atoms with Crippen molar-refractivity contribution in [2.45, 2.75) is 19.3 Å². The van der Waals surface area contributed by atoms with Crippen molar-refractivity contribution in [1.82, 2.24) is 4.98 Å². The van der Waals surface area contributed by atoms with Gasteiger partial charge in [0, 0.05) is 18.5 Å². The number of aromatic nitrogens is 1. The number of carbonyl (C=O) groups excluding carboxylic acids is 1. The van der Waals surface area contributed by atoms with Crippen LogP contribution in [0, 0.1) is 5.82 Å². The van der Waals surface area contributed by atoms with E-state index in [2.05, 4.69) is 4.98 Å². The molecule has 13 heavy (non-hydrogen) atoms. The summed E-state index contributed by atoms with van der Waals surface area (Å²) in [7, 11) is 0. The minimum Gasteiger partial charge on any atom is -0.370 e. The van der Waals surface area contributed by atoms with E-state index in [0.29, 0.717) is 5.69 Å². The second-order valence-corrected chi connectivity index (χ2v) is 2.94. The van der Waals surface area contributed by atoms with Crippen LogP contribution in [0.4, 0.5) is 4.39 Å². The number of nitrogens with zero attached hydrogens (tertiary/aromatic N) is 1. The lowest BCUT2D eigenvalue weighted by Gasteiger charge is -2.08. The number of primary amides is 1. The molecule has 3 nitrogen and oxygen atoms in total. The summed E-state index contributed by atoms with van der Waals surface area (Å²) in [6.07, 6.45) is 1.61. The first-order valence-electron chi connectivity index (χ1n) is 4.00. The highest BCUT2D eigenvalue weighted by Crippen LogP contribution is 2.18. The first-order chi connectivity index (χ1) is 6.11. The Bertz CT molecular complexity index is 314. The minimum absolute atomic E-state index is 0.119. The molecular weight excluding hydrogens is 171 g/mol. The Morgan fingerprint density at radius 2 is 2.46 bits per heavy atom. The molecule has 0 aliphatic carbocycles. The van der Waals surface area contributed by atoms with Gasteiger partial charge in [0.1, 0.15) is 5.82 Å². The molecular formula is C9H11FN2O. The van der Waals surface area contributed by atoms with E-state index in [1.807, 2.05) is 0 Å². The van der Waals surface area contributed by atoms with Gasteiger partial charge in [0.05, 0.1) is 5.69 Å². The predicted molar refractivity (Wildman–Crippen MR) is 46.4 cm³/mol. The zero-order valence-electron chi connectivity index (χ0n) is 7.33. The predicted octanol–water partition coefficient (Wildman–Crippen LogP) is 1.20. The van der Waals surface area contributed by atoms with Gasteiger partial charge in [-0.25, -0.2) is 4.39 Å². The summed E-state index contributed by atoms with van der Waals surface area (Å²) in [5.41, 5.74) is 5.28. The van der Waals surface area contributed by atoms with Crippen molar-refractivity contribution in [1.29, 1.82) is 0 Å². The Morgan fingerprint density at radius 1 is 1.77 bits per heavy atom. The Hall–Kier alpha value is -1.45. The minimum atomic E-state index is -0.447. The molecule has 1 aromatic rings. The average molecular weight is 182 g/mol. The molecule has 70 valence electrons. The molecule has 0 saturated heterocycles. The van der Waals surface area contributed by atoms with Gasteiger partial charge in [0.2, 0.25) is 5.91 Å². The van der Waals surface area contributed by atoms with Crippen LogP contribution < -0.4 is 5.73 Å². The van der Waals surface area contributed by atoms with Crippen LogP contribution in [0.5, 0.6) is 0 Å². The summed E-state index contributed by atoms with van der Waals surface area (Å²) in [5, 5.41) is 0.